The van der Waals surface area contributed by atoms with Crippen LogP contribution in [-0.2, 0) is 0 Å². The zero-order valence-electron chi connectivity index (χ0n) is 14.2. The summed E-state index contributed by atoms with van der Waals surface area (Å²) in [5.41, 5.74) is 3.06. The molecule has 0 saturated carbocycles. The van der Waals surface area contributed by atoms with Gasteiger partial charge in [0.1, 0.15) is 11.6 Å². The summed E-state index contributed by atoms with van der Waals surface area (Å²) in [4.78, 5) is 16.8. The lowest BCUT2D eigenvalue weighted by Crippen LogP contribution is -2.12. The molecule has 2 heterocycles. The highest BCUT2D eigenvalue weighted by Crippen LogP contribution is 2.24. The number of benzene rings is 2. The maximum Gasteiger partial charge on any atom is 0.255 e. The third-order valence-corrected chi connectivity index (χ3v) is 4.51. The van der Waals surface area contributed by atoms with Crippen molar-refractivity contribution in [3.05, 3.63) is 71.2 Å². The van der Waals surface area contributed by atoms with Crippen LogP contribution < -0.4 is 5.32 Å². The predicted molar refractivity (Wildman–Crippen MR) is 102 cm³/mol. The highest BCUT2D eigenvalue weighted by Gasteiger charge is 2.12. The Bertz CT molecular complexity index is 1090. The molecule has 2 aromatic carbocycles. The molecule has 6 nitrogen and oxygen atoms in total. The molecule has 2 aromatic heterocycles. The number of aromatic amines is 1. The molecule has 0 aliphatic heterocycles. The van der Waals surface area contributed by atoms with Crippen LogP contribution in [0, 0.1) is 12.7 Å². The average Bonchev–Trinajstić information content (AvgIpc) is 3.34. The Labute approximate surface area is 158 Å². The molecule has 134 valence electrons. The van der Waals surface area contributed by atoms with Gasteiger partial charge in [-0.1, -0.05) is 0 Å². The van der Waals surface area contributed by atoms with Crippen LogP contribution in [0.15, 0.2) is 54.0 Å². The molecule has 0 bridgehead atoms. The molecule has 1 amide bonds. The van der Waals surface area contributed by atoms with Gasteiger partial charge in [-0.3, -0.25) is 9.89 Å². The summed E-state index contributed by atoms with van der Waals surface area (Å²) in [5, 5.41) is 11.5. The van der Waals surface area contributed by atoms with Gasteiger partial charge in [-0.05, 0) is 66.5 Å². The lowest BCUT2D eigenvalue weighted by atomic mass is 10.1. The highest BCUT2D eigenvalue weighted by molar-refractivity contribution is 7.03. The third-order valence-electron chi connectivity index (χ3n) is 3.92. The number of nitrogens with one attached hydrogen (secondary N) is 2. The first kappa shape index (κ1) is 17.0. The fourth-order valence-electron chi connectivity index (χ4n) is 2.61. The maximum atomic E-state index is 13.9. The molecule has 0 aliphatic rings. The van der Waals surface area contributed by atoms with E-state index in [0.717, 1.165) is 17.0 Å². The molecule has 27 heavy (non-hydrogen) atoms. The minimum atomic E-state index is -0.473. The number of hydrogen-bond donors (Lipinski definition) is 2. The summed E-state index contributed by atoms with van der Waals surface area (Å²) in [6.07, 6.45) is 1.64. The Morgan fingerprint density at radius 1 is 1.11 bits per heavy atom. The number of aromatic nitrogens is 4. The average molecular weight is 379 g/mol. The van der Waals surface area contributed by atoms with E-state index in [2.05, 4.69) is 24.9 Å². The number of carbonyl (C=O) groups is 1. The normalized spacial score (nSPS) is 10.7. The van der Waals surface area contributed by atoms with Crippen molar-refractivity contribution in [3.63, 3.8) is 0 Å². The van der Waals surface area contributed by atoms with E-state index in [-0.39, 0.29) is 11.5 Å². The third kappa shape index (κ3) is 3.75. The molecular weight excluding hydrogens is 365 g/mol. The Morgan fingerprint density at radius 2 is 1.93 bits per heavy atom. The van der Waals surface area contributed by atoms with Crippen LogP contribution in [-0.4, -0.2) is 25.5 Å². The van der Waals surface area contributed by atoms with E-state index in [0.29, 0.717) is 17.1 Å². The van der Waals surface area contributed by atoms with Crippen LogP contribution in [0.25, 0.3) is 22.5 Å². The number of amides is 1. The molecule has 0 aliphatic carbocycles. The Balaban J connectivity index is 1.54. The second kappa shape index (κ2) is 7.08. The molecule has 0 spiro atoms. The van der Waals surface area contributed by atoms with Gasteiger partial charge in [0.05, 0.1) is 0 Å². The lowest BCUT2D eigenvalue weighted by molar-refractivity contribution is 0.102. The molecule has 2 N–H and O–H groups in total. The second-order valence-corrected chi connectivity index (χ2v) is 6.57. The van der Waals surface area contributed by atoms with E-state index < -0.39 is 5.82 Å². The standard InChI is InChI=1S/C19H14FN5OS/c1-11-22-18(25-24-11)12-2-4-17(5-3-12)23-19(26)14-6-13(7-16(20)8-14)15-9-21-27-10-15/h2-10H,1H3,(H,23,26)(H,22,24,25). The number of halogens is 1. The summed E-state index contributed by atoms with van der Waals surface area (Å²) in [6, 6.07) is 11.4. The van der Waals surface area contributed by atoms with Crippen LogP contribution in [0.1, 0.15) is 16.2 Å². The highest BCUT2D eigenvalue weighted by atomic mass is 32.1. The van der Waals surface area contributed by atoms with Crippen molar-refractivity contribution in [2.45, 2.75) is 6.92 Å². The second-order valence-electron chi connectivity index (χ2n) is 5.92. The first-order chi connectivity index (χ1) is 13.1. The van der Waals surface area contributed by atoms with Gasteiger partial charge in [-0.25, -0.2) is 13.7 Å². The quantitative estimate of drug-likeness (QED) is 0.554. The first-order valence-corrected chi connectivity index (χ1v) is 8.93. The van der Waals surface area contributed by atoms with Gasteiger partial charge < -0.3 is 5.32 Å². The fourth-order valence-corrected chi connectivity index (χ4v) is 3.16. The molecule has 0 saturated heterocycles. The van der Waals surface area contributed by atoms with Gasteiger partial charge in [0.2, 0.25) is 0 Å². The van der Waals surface area contributed by atoms with Crippen LogP contribution in [0.4, 0.5) is 10.1 Å². The van der Waals surface area contributed by atoms with E-state index in [1.54, 1.807) is 29.8 Å². The molecule has 0 radical (unpaired) electrons. The summed E-state index contributed by atoms with van der Waals surface area (Å²) in [7, 11) is 0. The van der Waals surface area contributed by atoms with Gasteiger partial charge in [0.15, 0.2) is 5.82 Å². The van der Waals surface area contributed by atoms with Crippen molar-refractivity contribution in [1.29, 1.82) is 0 Å². The maximum absolute atomic E-state index is 13.9. The Hall–Kier alpha value is -3.39. The van der Waals surface area contributed by atoms with Gasteiger partial charge in [0.25, 0.3) is 5.91 Å². The topological polar surface area (TPSA) is 83.6 Å². The molecular formula is C19H14FN5OS. The zero-order chi connectivity index (χ0) is 18.8. The van der Waals surface area contributed by atoms with Crippen molar-refractivity contribution in [1.82, 2.24) is 19.6 Å². The lowest BCUT2D eigenvalue weighted by Gasteiger charge is -2.08. The van der Waals surface area contributed by atoms with Crippen LogP contribution >= 0.6 is 11.5 Å². The van der Waals surface area contributed by atoms with Crippen molar-refractivity contribution < 1.29 is 9.18 Å². The zero-order valence-corrected chi connectivity index (χ0v) is 15.0. The van der Waals surface area contributed by atoms with E-state index in [9.17, 15) is 9.18 Å². The van der Waals surface area contributed by atoms with Crippen molar-refractivity contribution in [2.75, 3.05) is 5.32 Å². The van der Waals surface area contributed by atoms with Crippen LogP contribution in [0.2, 0.25) is 0 Å². The molecule has 0 unspecified atom stereocenters. The van der Waals surface area contributed by atoms with E-state index in [1.807, 2.05) is 19.1 Å². The molecule has 8 heteroatoms. The number of rotatable bonds is 4. The fraction of sp³-hybridized carbons (Fsp3) is 0.0526. The van der Waals surface area contributed by atoms with Crippen molar-refractivity contribution >= 4 is 23.1 Å². The SMILES string of the molecule is Cc1nc(-c2ccc(NC(=O)c3cc(F)cc(-c4cnsc4)c3)cc2)n[nH]1. The Kier molecular flexibility index (Phi) is 4.47. The van der Waals surface area contributed by atoms with Gasteiger partial charge >= 0.3 is 0 Å². The van der Waals surface area contributed by atoms with Crippen LogP contribution in [0.5, 0.6) is 0 Å². The van der Waals surface area contributed by atoms with E-state index in [1.165, 1.54) is 23.7 Å². The van der Waals surface area contributed by atoms with E-state index >= 15 is 0 Å². The summed E-state index contributed by atoms with van der Waals surface area (Å²) < 4.78 is 18.0. The van der Waals surface area contributed by atoms with Crippen LogP contribution in [0.3, 0.4) is 0 Å². The molecule has 4 rings (SSSR count). The summed E-state index contributed by atoms with van der Waals surface area (Å²) in [6.45, 7) is 1.82. The number of carbonyl (C=O) groups excluding carboxylic acids is 1. The summed E-state index contributed by atoms with van der Waals surface area (Å²) >= 11 is 1.27. The Morgan fingerprint density at radius 3 is 2.59 bits per heavy atom. The first-order valence-electron chi connectivity index (χ1n) is 8.09. The minimum Gasteiger partial charge on any atom is -0.322 e. The van der Waals surface area contributed by atoms with E-state index in [4.69, 9.17) is 0 Å². The molecule has 0 atom stereocenters. The summed E-state index contributed by atoms with van der Waals surface area (Å²) in [5.74, 6) is 0.453. The van der Waals surface area contributed by atoms with Crippen molar-refractivity contribution in [2.24, 2.45) is 0 Å². The monoisotopic (exact) mass is 379 g/mol. The number of anilines is 1. The molecule has 4 aromatic rings. The van der Waals surface area contributed by atoms with Gasteiger partial charge in [-0.15, -0.1) is 0 Å². The minimum absolute atomic E-state index is 0.241. The van der Waals surface area contributed by atoms with Crippen molar-refractivity contribution in [3.8, 4) is 22.5 Å². The number of nitrogens with zero attached hydrogens (tertiary/aromatic N) is 3. The predicted octanol–water partition coefficient (Wildman–Crippen LogP) is 4.30. The van der Waals surface area contributed by atoms with Gasteiger partial charge in [-0.2, -0.15) is 5.10 Å². The number of aryl methyl sites for hydroxylation is 1. The number of hydrogen-bond acceptors (Lipinski definition) is 5. The largest absolute Gasteiger partial charge is 0.322 e. The number of H-pyrrole nitrogens is 1. The smallest absolute Gasteiger partial charge is 0.255 e. The molecule has 0 fully saturated rings. The van der Waals surface area contributed by atoms with Gasteiger partial charge in [0, 0.05) is 34.0 Å².